The summed E-state index contributed by atoms with van der Waals surface area (Å²) in [5, 5.41) is 4.11. The van der Waals surface area contributed by atoms with Crippen molar-refractivity contribution in [3.63, 3.8) is 0 Å². The van der Waals surface area contributed by atoms with Crippen molar-refractivity contribution in [3.8, 4) is 0 Å². The summed E-state index contributed by atoms with van der Waals surface area (Å²) in [4.78, 5) is 14.7. The van der Waals surface area contributed by atoms with E-state index in [0.717, 1.165) is 36.4 Å². The molecule has 110 valence electrons. The van der Waals surface area contributed by atoms with Crippen molar-refractivity contribution in [1.82, 2.24) is 10.2 Å². The minimum absolute atomic E-state index is 0.180. The van der Waals surface area contributed by atoms with Gasteiger partial charge < -0.3 is 10.2 Å². The number of nitrogens with zero attached hydrogens (tertiary/aromatic N) is 1. The Kier molecular flexibility index (Phi) is 5.06. The van der Waals surface area contributed by atoms with Crippen LogP contribution in [0.4, 0.5) is 0 Å². The van der Waals surface area contributed by atoms with E-state index in [9.17, 15) is 4.79 Å². The number of likely N-dealkylation sites (N-methyl/N-ethyl adjacent to an activating group) is 1. The second kappa shape index (κ2) is 6.59. The maximum absolute atomic E-state index is 12.8. The van der Waals surface area contributed by atoms with Crippen LogP contribution in [0, 0.1) is 0 Å². The summed E-state index contributed by atoms with van der Waals surface area (Å²) in [5.41, 5.74) is 0.582. The topological polar surface area (TPSA) is 32.3 Å². The van der Waals surface area contributed by atoms with Crippen LogP contribution in [-0.4, -0.2) is 29.4 Å². The molecule has 1 heterocycles. The second-order valence-electron chi connectivity index (χ2n) is 5.63. The summed E-state index contributed by atoms with van der Waals surface area (Å²) in [6.45, 7) is 6.23. The van der Waals surface area contributed by atoms with Gasteiger partial charge in [-0.1, -0.05) is 29.8 Å². The van der Waals surface area contributed by atoms with Crippen LogP contribution in [0.1, 0.15) is 38.7 Å². The molecule has 0 radical (unpaired) electrons. The number of halogens is 1. The number of hydrogen-bond donors (Lipinski definition) is 1. The number of amides is 1. The van der Waals surface area contributed by atoms with Gasteiger partial charge in [-0.25, -0.2) is 0 Å². The van der Waals surface area contributed by atoms with Gasteiger partial charge in [-0.2, -0.15) is 0 Å². The molecular formula is C16H23ClN2O. The smallest absolute Gasteiger partial charge is 0.242 e. The standard InChI is InChI=1S/C16H23ClN2O/c1-3-19(12-13-8-4-5-9-14(13)17)15(20)16(2)10-6-7-11-18-16/h4-5,8-9,18H,3,6-7,10-12H2,1-2H3. The molecule has 1 aromatic carbocycles. The van der Waals surface area contributed by atoms with Crippen molar-refractivity contribution in [2.75, 3.05) is 13.1 Å². The van der Waals surface area contributed by atoms with Crippen LogP contribution < -0.4 is 5.32 Å². The van der Waals surface area contributed by atoms with Gasteiger partial charge in [0.05, 0.1) is 5.54 Å². The zero-order chi connectivity index (χ0) is 14.6. The van der Waals surface area contributed by atoms with Crippen molar-refractivity contribution >= 4 is 17.5 Å². The average Bonchev–Trinajstić information content (AvgIpc) is 2.46. The fourth-order valence-electron chi connectivity index (χ4n) is 2.75. The summed E-state index contributed by atoms with van der Waals surface area (Å²) in [7, 11) is 0. The number of nitrogens with one attached hydrogen (secondary N) is 1. The summed E-state index contributed by atoms with van der Waals surface area (Å²) in [6.07, 6.45) is 3.17. The number of hydrogen-bond acceptors (Lipinski definition) is 2. The zero-order valence-corrected chi connectivity index (χ0v) is 13.0. The van der Waals surface area contributed by atoms with Gasteiger partial charge in [0, 0.05) is 18.1 Å². The highest BCUT2D eigenvalue weighted by atomic mass is 35.5. The minimum Gasteiger partial charge on any atom is -0.337 e. The molecule has 0 bridgehead atoms. The highest BCUT2D eigenvalue weighted by Gasteiger charge is 2.37. The molecule has 0 aliphatic carbocycles. The van der Waals surface area contributed by atoms with Gasteiger partial charge in [0.15, 0.2) is 0 Å². The fraction of sp³-hybridized carbons (Fsp3) is 0.562. The Morgan fingerprint density at radius 2 is 2.15 bits per heavy atom. The molecule has 1 aliphatic heterocycles. The Morgan fingerprint density at radius 3 is 2.75 bits per heavy atom. The highest BCUT2D eigenvalue weighted by molar-refractivity contribution is 6.31. The average molecular weight is 295 g/mol. The second-order valence-corrected chi connectivity index (χ2v) is 6.03. The maximum Gasteiger partial charge on any atom is 0.242 e. The summed E-state index contributed by atoms with van der Waals surface area (Å²) in [6, 6.07) is 7.72. The van der Waals surface area contributed by atoms with E-state index in [-0.39, 0.29) is 5.91 Å². The van der Waals surface area contributed by atoms with E-state index in [1.54, 1.807) is 0 Å². The summed E-state index contributed by atoms with van der Waals surface area (Å²) < 4.78 is 0. The van der Waals surface area contributed by atoms with E-state index >= 15 is 0 Å². The molecule has 1 unspecified atom stereocenters. The van der Waals surface area contributed by atoms with Crippen LogP contribution in [0.15, 0.2) is 24.3 Å². The molecule has 4 heteroatoms. The lowest BCUT2D eigenvalue weighted by Crippen LogP contribution is -2.57. The third-order valence-corrected chi connectivity index (χ3v) is 4.45. The zero-order valence-electron chi connectivity index (χ0n) is 12.3. The molecule has 0 spiro atoms. The van der Waals surface area contributed by atoms with Crippen molar-refractivity contribution in [2.24, 2.45) is 0 Å². The third-order valence-electron chi connectivity index (χ3n) is 4.08. The molecule has 1 atom stereocenters. The number of benzene rings is 1. The van der Waals surface area contributed by atoms with Crippen LogP contribution in [-0.2, 0) is 11.3 Å². The van der Waals surface area contributed by atoms with E-state index in [1.807, 2.05) is 43.0 Å². The lowest BCUT2D eigenvalue weighted by molar-refractivity contribution is -0.139. The fourth-order valence-corrected chi connectivity index (χ4v) is 2.94. The first kappa shape index (κ1) is 15.3. The van der Waals surface area contributed by atoms with Crippen molar-refractivity contribution in [3.05, 3.63) is 34.9 Å². The predicted molar refractivity (Wildman–Crippen MR) is 82.8 cm³/mol. The van der Waals surface area contributed by atoms with Crippen molar-refractivity contribution < 1.29 is 4.79 Å². The van der Waals surface area contributed by atoms with E-state index in [0.29, 0.717) is 13.1 Å². The summed E-state index contributed by atoms with van der Waals surface area (Å²) >= 11 is 6.20. The number of carbonyl (C=O) groups excluding carboxylic acids is 1. The van der Waals surface area contributed by atoms with E-state index in [2.05, 4.69) is 5.32 Å². The largest absolute Gasteiger partial charge is 0.337 e. The molecule has 1 N–H and O–H groups in total. The quantitative estimate of drug-likeness (QED) is 0.925. The van der Waals surface area contributed by atoms with E-state index in [1.165, 1.54) is 0 Å². The number of carbonyl (C=O) groups is 1. The molecule has 1 amide bonds. The molecule has 20 heavy (non-hydrogen) atoms. The van der Waals surface area contributed by atoms with Gasteiger partial charge in [0.2, 0.25) is 5.91 Å². The lowest BCUT2D eigenvalue weighted by atomic mass is 9.89. The molecule has 1 aromatic rings. The lowest BCUT2D eigenvalue weighted by Gasteiger charge is -2.37. The van der Waals surface area contributed by atoms with Gasteiger partial charge in [-0.15, -0.1) is 0 Å². The Balaban J connectivity index is 2.11. The van der Waals surface area contributed by atoms with Gasteiger partial charge in [0.1, 0.15) is 0 Å². The van der Waals surface area contributed by atoms with Gasteiger partial charge in [-0.05, 0) is 51.3 Å². The van der Waals surface area contributed by atoms with E-state index in [4.69, 9.17) is 11.6 Å². The number of piperidine rings is 1. The summed E-state index contributed by atoms with van der Waals surface area (Å²) in [5.74, 6) is 0.180. The van der Waals surface area contributed by atoms with Crippen LogP contribution in [0.25, 0.3) is 0 Å². The first-order valence-corrected chi connectivity index (χ1v) is 7.72. The number of rotatable bonds is 4. The first-order valence-electron chi connectivity index (χ1n) is 7.34. The normalized spacial score (nSPS) is 22.6. The highest BCUT2D eigenvalue weighted by Crippen LogP contribution is 2.23. The van der Waals surface area contributed by atoms with Crippen LogP contribution in [0.2, 0.25) is 5.02 Å². The molecule has 2 rings (SSSR count). The Bertz CT molecular complexity index is 469. The molecule has 3 nitrogen and oxygen atoms in total. The van der Waals surface area contributed by atoms with Crippen LogP contribution in [0.3, 0.4) is 0 Å². The van der Waals surface area contributed by atoms with Crippen molar-refractivity contribution in [1.29, 1.82) is 0 Å². The van der Waals surface area contributed by atoms with E-state index < -0.39 is 5.54 Å². The Labute approximate surface area is 126 Å². The SMILES string of the molecule is CCN(Cc1ccccc1Cl)C(=O)C1(C)CCCCN1. The predicted octanol–water partition coefficient (Wildman–Crippen LogP) is 3.22. The molecular weight excluding hydrogens is 272 g/mol. The Morgan fingerprint density at radius 1 is 1.40 bits per heavy atom. The molecule has 0 aromatic heterocycles. The molecule has 1 fully saturated rings. The monoisotopic (exact) mass is 294 g/mol. The van der Waals surface area contributed by atoms with Crippen LogP contribution in [0.5, 0.6) is 0 Å². The molecule has 1 aliphatic rings. The maximum atomic E-state index is 12.8. The van der Waals surface area contributed by atoms with Gasteiger partial charge in [-0.3, -0.25) is 4.79 Å². The molecule has 1 saturated heterocycles. The van der Waals surface area contributed by atoms with Gasteiger partial charge in [0.25, 0.3) is 0 Å². The Hall–Kier alpha value is -1.06. The van der Waals surface area contributed by atoms with Crippen molar-refractivity contribution in [2.45, 2.75) is 45.2 Å². The third kappa shape index (κ3) is 3.33. The minimum atomic E-state index is -0.421. The van der Waals surface area contributed by atoms with Crippen LogP contribution >= 0.6 is 11.6 Å². The first-order chi connectivity index (χ1) is 9.57. The molecule has 0 saturated carbocycles. The van der Waals surface area contributed by atoms with Gasteiger partial charge >= 0.3 is 0 Å².